The molecule has 1 aromatic heterocycles. The van der Waals surface area contributed by atoms with Crippen LogP contribution in [0.25, 0.3) is 0 Å². The summed E-state index contributed by atoms with van der Waals surface area (Å²) in [5.41, 5.74) is 5.73. The molecule has 1 aliphatic heterocycles. The Morgan fingerprint density at radius 2 is 1.84 bits per heavy atom. The van der Waals surface area contributed by atoms with Gasteiger partial charge >= 0.3 is 0 Å². The normalized spacial score (nSPS) is 14.7. The highest BCUT2D eigenvalue weighted by molar-refractivity contribution is 7.13. The lowest BCUT2D eigenvalue weighted by Gasteiger charge is -2.34. The molecule has 1 saturated heterocycles. The highest BCUT2D eigenvalue weighted by atomic mass is 32.1. The first-order valence-electron chi connectivity index (χ1n) is 12.1. The van der Waals surface area contributed by atoms with E-state index < -0.39 is 5.91 Å². The monoisotopic (exact) mass is 523 g/mol. The van der Waals surface area contributed by atoms with E-state index in [9.17, 15) is 14.0 Å². The first-order valence-corrected chi connectivity index (χ1v) is 12.9. The second-order valence-electron chi connectivity index (χ2n) is 8.87. The number of rotatable bonds is 9. The predicted molar refractivity (Wildman–Crippen MR) is 144 cm³/mol. The molecule has 0 spiro atoms. The molecular weight excluding hydrogens is 493 g/mol. The van der Waals surface area contributed by atoms with Crippen molar-refractivity contribution < 1.29 is 19.1 Å². The largest absolute Gasteiger partial charge is 0.395 e. The molecule has 1 aliphatic rings. The Balaban J connectivity index is 1.38. The lowest BCUT2D eigenvalue weighted by atomic mass is 10.1. The van der Waals surface area contributed by atoms with Crippen molar-refractivity contribution in [2.24, 2.45) is 5.10 Å². The molecule has 194 valence electrons. The van der Waals surface area contributed by atoms with E-state index in [1.807, 2.05) is 25.1 Å². The Bertz CT molecular complexity index is 1270. The number of hydrogen-bond acceptors (Lipinski definition) is 7. The van der Waals surface area contributed by atoms with E-state index in [4.69, 9.17) is 5.11 Å². The fourth-order valence-electron chi connectivity index (χ4n) is 4.14. The average molecular weight is 524 g/mol. The number of thiophene rings is 1. The molecule has 2 amide bonds. The smallest absolute Gasteiger partial charge is 0.283 e. The fourth-order valence-corrected chi connectivity index (χ4v) is 5.03. The number of aliphatic hydroxyl groups is 1. The number of halogens is 1. The van der Waals surface area contributed by atoms with Gasteiger partial charge in [-0.1, -0.05) is 24.3 Å². The van der Waals surface area contributed by atoms with Crippen molar-refractivity contribution in [1.82, 2.24) is 15.2 Å². The zero-order valence-corrected chi connectivity index (χ0v) is 21.4. The summed E-state index contributed by atoms with van der Waals surface area (Å²) in [5, 5.41) is 17.7. The number of carbonyl (C=O) groups is 2. The molecule has 3 aromatic rings. The van der Waals surface area contributed by atoms with Crippen LogP contribution < -0.4 is 10.7 Å². The summed E-state index contributed by atoms with van der Waals surface area (Å²) in [6.45, 7) is 7.07. The topological polar surface area (TPSA) is 97.3 Å². The van der Waals surface area contributed by atoms with Crippen LogP contribution in [0, 0.1) is 12.7 Å². The highest BCUT2D eigenvalue weighted by Gasteiger charge is 2.20. The third kappa shape index (κ3) is 7.30. The number of aryl methyl sites for hydroxylation is 1. The van der Waals surface area contributed by atoms with E-state index in [-0.39, 0.29) is 18.3 Å². The standard InChI is InChI=1S/C27H30FN5O3S/c1-19-18-37-25(27(36)31-29-16-20-4-3-7-23(28)15-20)24(19)30-26(35)22-6-2-5-21(14-22)17-33-10-8-32(9-11-33)12-13-34/h2-7,14-16,18,34H,8-13,17H2,1H3,(H,30,35)(H,31,36). The molecule has 0 aliphatic carbocycles. The van der Waals surface area contributed by atoms with Gasteiger partial charge < -0.3 is 10.4 Å². The van der Waals surface area contributed by atoms with Gasteiger partial charge in [0, 0.05) is 44.8 Å². The van der Waals surface area contributed by atoms with Crippen LogP contribution in [0.15, 0.2) is 59.0 Å². The van der Waals surface area contributed by atoms with E-state index in [1.54, 1.807) is 23.6 Å². The Kier molecular flexibility index (Phi) is 9.13. The van der Waals surface area contributed by atoms with Crippen molar-refractivity contribution in [2.75, 3.05) is 44.6 Å². The molecule has 2 heterocycles. The molecule has 3 N–H and O–H groups in total. The quantitative estimate of drug-likeness (QED) is 0.295. The Morgan fingerprint density at radius 1 is 1.08 bits per heavy atom. The number of benzene rings is 2. The number of nitrogens with one attached hydrogen (secondary N) is 2. The molecule has 2 aromatic carbocycles. The van der Waals surface area contributed by atoms with Gasteiger partial charge in [-0.15, -0.1) is 11.3 Å². The summed E-state index contributed by atoms with van der Waals surface area (Å²) in [5.74, 6) is -1.15. The SMILES string of the molecule is Cc1csc(C(=O)NN=Cc2cccc(F)c2)c1NC(=O)c1cccc(CN2CCN(CCO)CC2)c1. The van der Waals surface area contributed by atoms with Crippen LogP contribution in [-0.2, 0) is 6.54 Å². The predicted octanol–water partition coefficient (Wildman–Crippen LogP) is 3.32. The van der Waals surface area contributed by atoms with Gasteiger partial charge in [0.15, 0.2) is 0 Å². The molecule has 0 unspecified atom stereocenters. The summed E-state index contributed by atoms with van der Waals surface area (Å²) in [6.07, 6.45) is 1.36. The van der Waals surface area contributed by atoms with Crippen molar-refractivity contribution in [3.05, 3.63) is 86.9 Å². The summed E-state index contributed by atoms with van der Waals surface area (Å²) in [7, 11) is 0. The number of carbonyl (C=O) groups excluding carboxylic acids is 2. The van der Waals surface area contributed by atoms with Crippen molar-refractivity contribution in [2.45, 2.75) is 13.5 Å². The van der Waals surface area contributed by atoms with Gasteiger partial charge in [-0.05, 0) is 53.3 Å². The van der Waals surface area contributed by atoms with E-state index in [1.165, 1.54) is 29.7 Å². The Hall–Kier alpha value is -3.44. The maximum atomic E-state index is 13.3. The van der Waals surface area contributed by atoms with Crippen molar-refractivity contribution >= 4 is 35.1 Å². The van der Waals surface area contributed by atoms with Crippen LogP contribution in [-0.4, -0.2) is 72.3 Å². The minimum absolute atomic E-state index is 0.173. The second kappa shape index (κ2) is 12.7. The minimum atomic E-state index is -0.463. The van der Waals surface area contributed by atoms with Gasteiger partial charge in [0.1, 0.15) is 10.7 Å². The van der Waals surface area contributed by atoms with Crippen LogP contribution in [0.1, 0.15) is 36.7 Å². The van der Waals surface area contributed by atoms with Crippen molar-refractivity contribution in [3.63, 3.8) is 0 Å². The number of aliphatic hydroxyl groups excluding tert-OH is 1. The van der Waals surface area contributed by atoms with Crippen LogP contribution in [0.2, 0.25) is 0 Å². The van der Waals surface area contributed by atoms with Crippen LogP contribution in [0.5, 0.6) is 0 Å². The summed E-state index contributed by atoms with van der Waals surface area (Å²) < 4.78 is 13.3. The van der Waals surface area contributed by atoms with Gasteiger partial charge in [0.05, 0.1) is 18.5 Å². The van der Waals surface area contributed by atoms with E-state index in [0.29, 0.717) is 28.2 Å². The first-order chi connectivity index (χ1) is 17.9. The molecule has 1 fully saturated rings. The Labute approximate surface area is 219 Å². The molecule has 10 heteroatoms. The number of β-amino-alcohol motifs (C(OH)–C–C–N with tert-alkyl or cyclic N) is 1. The number of amides is 2. The average Bonchev–Trinajstić information content (AvgIpc) is 3.25. The molecule has 4 rings (SSSR count). The maximum absolute atomic E-state index is 13.3. The van der Waals surface area contributed by atoms with Crippen LogP contribution >= 0.6 is 11.3 Å². The van der Waals surface area contributed by atoms with Crippen molar-refractivity contribution in [1.29, 1.82) is 0 Å². The second-order valence-corrected chi connectivity index (χ2v) is 9.75. The van der Waals surface area contributed by atoms with Gasteiger partial charge in [-0.3, -0.25) is 19.4 Å². The molecular formula is C27H30FN5O3S. The maximum Gasteiger partial charge on any atom is 0.283 e. The zero-order valence-electron chi connectivity index (χ0n) is 20.6. The molecule has 8 nitrogen and oxygen atoms in total. The van der Waals surface area contributed by atoms with Gasteiger partial charge in [-0.2, -0.15) is 5.10 Å². The zero-order chi connectivity index (χ0) is 26.2. The fraction of sp³-hybridized carbons (Fsp3) is 0.296. The van der Waals surface area contributed by atoms with Gasteiger partial charge in [-0.25, -0.2) is 9.82 Å². The molecule has 0 radical (unpaired) electrons. The highest BCUT2D eigenvalue weighted by Crippen LogP contribution is 2.28. The van der Waals surface area contributed by atoms with Gasteiger partial charge in [0.25, 0.3) is 11.8 Å². The number of piperazine rings is 1. The van der Waals surface area contributed by atoms with E-state index >= 15 is 0 Å². The number of anilines is 1. The van der Waals surface area contributed by atoms with Gasteiger partial charge in [0.2, 0.25) is 0 Å². The van der Waals surface area contributed by atoms with Crippen molar-refractivity contribution in [3.8, 4) is 0 Å². The lowest BCUT2D eigenvalue weighted by Crippen LogP contribution is -2.46. The van der Waals surface area contributed by atoms with E-state index in [2.05, 4.69) is 25.6 Å². The minimum Gasteiger partial charge on any atom is -0.395 e. The molecule has 0 bridgehead atoms. The van der Waals surface area contributed by atoms with Crippen LogP contribution in [0.3, 0.4) is 0 Å². The third-order valence-electron chi connectivity index (χ3n) is 6.12. The first kappa shape index (κ1) is 26.6. The summed E-state index contributed by atoms with van der Waals surface area (Å²) in [6, 6.07) is 13.4. The third-order valence-corrected chi connectivity index (χ3v) is 7.22. The van der Waals surface area contributed by atoms with Crippen LogP contribution in [0.4, 0.5) is 10.1 Å². The summed E-state index contributed by atoms with van der Waals surface area (Å²) >= 11 is 1.21. The lowest BCUT2D eigenvalue weighted by molar-refractivity contribution is 0.0960. The number of hydrogen-bond donors (Lipinski definition) is 3. The number of hydrazone groups is 1. The Morgan fingerprint density at radius 3 is 2.59 bits per heavy atom. The van der Waals surface area contributed by atoms with E-state index in [0.717, 1.165) is 43.9 Å². The molecule has 0 saturated carbocycles. The number of nitrogens with zero attached hydrogens (tertiary/aromatic N) is 3. The molecule has 37 heavy (non-hydrogen) atoms. The molecule has 0 atom stereocenters. The summed E-state index contributed by atoms with van der Waals surface area (Å²) in [4.78, 5) is 30.7.